The lowest BCUT2D eigenvalue weighted by Crippen LogP contribution is -2.46. The second kappa shape index (κ2) is 8.11. The van der Waals surface area contributed by atoms with Crippen LogP contribution in [-0.2, 0) is 0 Å². The second-order valence-electron chi connectivity index (χ2n) is 7.80. The highest BCUT2D eigenvalue weighted by Crippen LogP contribution is 2.39. The lowest BCUT2D eigenvalue weighted by Gasteiger charge is -2.28. The minimum absolute atomic E-state index is 0.142. The Labute approximate surface area is 174 Å². The number of rotatable bonds is 4. The van der Waals surface area contributed by atoms with Crippen LogP contribution in [0.15, 0.2) is 24.3 Å². The first-order valence-electron chi connectivity index (χ1n) is 9.18. The number of nitrogens with one attached hydrogen (secondary N) is 2. The molecule has 1 aromatic carbocycles. The van der Waals surface area contributed by atoms with Gasteiger partial charge in [0.1, 0.15) is 9.88 Å². The molecule has 2 aromatic rings. The van der Waals surface area contributed by atoms with Gasteiger partial charge in [-0.3, -0.25) is 9.59 Å². The molecule has 1 aromatic heterocycles. The predicted molar refractivity (Wildman–Crippen MR) is 116 cm³/mol. The first-order chi connectivity index (χ1) is 13.2. The van der Waals surface area contributed by atoms with Gasteiger partial charge in [-0.15, -0.1) is 11.3 Å². The Hall–Kier alpha value is -2.09. The Morgan fingerprint density at radius 3 is 2.36 bits per heavy atom. The van der Waals surface area contributed by atoms with Crippen molar-refractivity contribution in [3.05, 3.63) is 45.3 Å². The number of nitrogens with two attached hydrogens (primary N) is 1. The van der Waals surface area contributed by atoms with Crippen molar-refractivity contribution in [1.29, 1.82) is 0 Å². The first kappa shape index (κ1) is 20.6. The van der Waals surface area contributed by atoms with E-state index in [0.717, 1.165) is 13.1 Å². The maximum atomic E-state index is 13.2. The molecule has 0 spiro atoms. The molecule has 1 aliphatic heterocycles. The second-order valence-corrected chi connectivity index (χ2v) is 9.26. The number of carbonyl (C=O) groups is 2. The van der Waals surface area contributed by atoms with Crippen LogP contribution in [0.1, 0.15) is 46.4 Å². The van der Waals surface area contributed by atoms with Gasteiger partial charge in [-0.1, -0.05) is 11.6 Å². The number of amides is 1. The van der Waals surface area contributed by atoms with E-state index < -0.39 is 0 Å². The minimum atomic E-state index is -0.281. The van der Waals surface area contributed by atoms with E-state index in [1.807, 2.05) is 20.8 Å². The Morgan fingerprint density at radius 1 is 1.18 bits per heavy atom. The van der Waals surface area contributed by atoms with Gasteiger partial charge in [-0.05, 0) is 45.0 Å². The number of carbonyl (C=O) groups excluding carboxylic acids is 2. The molecule has 0 atom stereocenters. The SMILES string of the molecule is CC(C)(C)Nc1sc(C(=O)c2ccc(Cl)cc2)c(N)c1C(=O)N1CCNCC1. The summed E-state index contributed by atoms with van der Waals surface area (Å²) in [5.74, 6) is -0.354. The molecular weight excluding hydrogens is 396 g/mol. The highest BCUT2D eigenvalue weighted by atomic mass is 35.5. The Balaban J connectivity index is 2.03. The average Bonchev–Trinajstić information content (AvgIpc) is 2.96. The van der Waals surface area contributed by atoms with E-state index in [1.165, 1.54) is 11.3 Å². The summed E-state index contributed by atoms with van der Waals surface area (Å²) >= 11 is 7.16. The maximum absolute atomic E-state index is 13.2. The maximum Gasteiger partial charge on any atom is 0.259 e. The molecule has 1 fully saturated rings. The zero-order chi connectivity index (χ0) is 20.5. The molecule has 3 rings (SSSR count). The average molecular weight is 421 g/mol. The fourth-order valence-electron chi connectivity index (χ4n) is 3.01. The van der Waals surface area contributed by atoms with E-state index in [9.17, 15) is 9.59 Å². The van der Waals surface area contributed by atoms with Crippen LogP contribution in [-0.4, -0.2) is 48.3 Å². The molecule has 0 bridgehead atoms. The van der Waals surface area contributed by atoms with Crippen LogP contribution < -0.4 is 16.4 Å². The summed E-state index contributed by atoms with van der Waals surface area (Å²) in [7, 11) is 0. The predicted octanol–water partition coefficient (Wildman–Crippen LogP) is 3.47. The number of hydrogen-bond acceptors (Lipinski definition) is 6. The standard InChI is InChI=1S/C20H25ClN4O2S/c1-20(2,3)24-18-14(19(27)25-10-8-23-9-11-25)15(22)17(28-18)16(26)12-4-6-13(21)7-5-12/h4-7,23-24H,8-11,22H2,1-3H3. The number of nitrogen functional groups attached to an aromatic ring is 1. The van der Waals surface area contributed by atoms with Crippen molar-refractivity contribution < 1.29 is 9.59 Å². The number of benzene rings is 1. The molecular formula is C20H25ClN4O2S. The van der Waals surface area contributed by atoms with Gasteiger partial charge in [-0.2, -0.15) is 0 Å². The molecule has 0 aliphatic carbocycles. The smallest absolute Gasteiger partial charge is 0.259 e. The summed E-state index contributed by atoms with van der Waals surface area (Å²) in [6.07, 6.45) is 0. The van der Waals surface area contributed by atoms with Crippen molar-refractivity contribution in [3.8, 4) is 0 Å². The lowest BCUT2D eigenvalue weighted by molar-refractivity contribution is 0.0738. The summed E-state index contributed by atoms with van der Waals surface area (Å²) < 4.78 is 0. The van der Waals surface area contributed by atoms with Crippen LogP contribution in [0.4, 0.5) is 10.7 Å². The fourth-order valence-corrected chi connectivity index (χ4v) is 4.42. The van der Waals surface area contributed by atoms with Gasteiger partial charge in [0.15, 0.2) is 0 Å². The van der Waals surface area contributed by atoms with Crippen LogP contribution >= 0.6 is 22.9 Å². The minimum Gasteiger partial charge on any atom is -0.397 e. The molecule has 6 nitrogen and oxygen atoms in total. The molecule has 8 heteroatoms. The van der Waals surface area contributed by atoms with Crippen molar-refractivity contribution in [2.75, 3.05) is 37.2 Å². The van der Waals surface area contributed by atoms with Gasteiger partial charge in [0, 0.05) is 42.3 Å². The van der Waals surface area contributed by atoms with Crippen LogP contribution in [0.5, 0.6) is 0 Å². The number of thiophene rings is 1. The Kier molecular flexibility index (Phi) is 5.98. The topological polar surface area (TPSA) is 87.5 Å². The van der Waals surface area contributed by atoms with Crippen molar-refractivity contribution >= 4 is 45.3 Å². The van der Waals surface area contributed by atoms with E-state index in [0.29, 0.717) is 39.1 Å². The van der Waals surface area contributed by atoms with E-state index in [2.05, 4.69) is 10.6 Å². The molecule has 1 amide bonds. The fraction of sp³-hybridized carbons (Fsp3) is 0.400. The molecule has 0 radical (unpaired) electrons. The molecule has 4 N–H and O–H groups in total. The van der Waals surface area contributed by atoms with Crippen molar-refractivity contribution in [2.24, 2.45) is 0 Å². The molecule has 2 heterocycles. The summed E-state index contributed by atoms with van der Waals surface area (Å²) in [6.45, 7) is 8.73. The van der Waals surface area contributed by atoms with E-state index in [-0.39, 0.29) is 22.9 Å². The molecule has 150 valence electrons. The Bertz CT molecular complexity index is 881. The number of halogens is 1. The molecule has 0 unspecified atom stereocenters. The Morgan fingerprint density at radius 2 is 1.79 bits per heavy atom. The van der Waals surface area contributed by atoms with Crippen molar-refractivity contribution in [1.82, 2.24) is 10.2 Å². The van der Waals surface area contributed by atoms with Gasteiger partial charge in [0.05, 0.1) is 11.3 Å². The van der Waals surface area contributed by atoms with Crippen molar-refractivity contribution in [3.63, 3.8) is 0 Å². The van der Waals surface area contributed by atoms with Crippen LogP contribution in [0, 0.1) is 0 Å². The number of nitrogens with zero attached hydrogens (tertiary/aromatic N) is 1. The quantitative estimate of drug-likeness (QED) is 0.659. The largest absolute Gasteiger partial charge is 0.397 e. The molecule has 1 aliphatic rings. The third-order valence-corrected chi connectivity index (χ3v) is 5.74. The van der Waals surface area contributed by atoms with Gasteiger partial charge in [-0.25, -0.2) is 0 Å². The third kappa shape index (κ3) is 4.48. The summed E-state index contributed by atoms with van der Waals surface area (Å²) in [5, 5.41) is 7.77. The molecule has 1 saturated heterocycles. The zero-order valence-corrected chi connectivity index (χ0v) is 17.8. The van der Waals surface area contributed by atoms with Crippen LogP contribution in [0.25, 0.3) is 0 Å². The van der Waals surface area contributed by atoms with Gasteiger partial charge in [0.2, 0.25) is 5.78 Å². The molecule has 28 heavy (non-hydrogen) atoms. The summed E-state index contributed by atoms with van der Waals surface area (Å²) in [6, 6.07) is 6.66. The summed E-state index contributed by atoms with van der Waals surface area (Å²) in [4.78, 5) is 28.4. The molecule has 0 saturated carbocycles. The first-order valence-corrected chi connectivity index (χ1v) is 10.4. The lowest BCUT2D eigenvalue weighted by atomic mass is 10.1. The van der Waals surface area contributed by atoms with E-state index >= 15 is 0 Å². The highest BCUT2D eigenvalue weighted by molar-refractivity contribution is 7.19. The normalized spacial score (nSPS) is 14.8. The van der Waals surface area contributed by atoms with Gasteiger partial charge in [0.25, 0.3) is 5.91 Å². The van der Waals surface area contributed by atoms with Crippen LogP contribution in [0.3, 0.4) is 0 Å². The number of anilines is 2. The third-order valence-electron chi connectivity index (χ3n) is 4.36. The number of ketones is 1. The number of piperazine rings is 1. The summed E-state index contributed by atoms with van der Waals surface area (Å²) in [5.41, 5.74) is 7.19. The van der Waals surface area contributed by atoms with Gasteiger partial charge < -0.3 is 21.3 Å². The van der Waals surface area contributed by atoms with Gasteiger partial charge >= 0.3 is 0 Å². The van der Waals surface area contributed by atoms with E-state index in [4.69, 9.17) is 17.3 Å². The van der Waals surface area contributed by atoms with E-state index in [1.54, 1.807) is 29.2 Å². The monoisotopic (exact) mass is 420 g/mol. The number of hydrogen-bond donors (Lipinski definition) is 3. The van der Waals surface area contributed by atoms with Crippen molar-refractivity contribution in [2.45, 2.75) is 26.3 Å². The zero-order valence-electron chi connectivity index (χ0n) is 16.3. The van der Waals surface area contributed by atoms with Crippen LogP contribution in [0.2, 0.25) is 5.02 Å². The highest BCUT2D eigenvalue weighted by Gasteiger charge is 2.31.